The first kappa shape index (κ1) is 22.7. The summed E-state index contributed by atoms with van der Waals surface area (Å²) < 4.78 is 7.02. The van der Waals surface area contributed by atoms with Crippen molar-refractivity contribution < 1.29 is 9.53 Å². The van der Waals surface area contributed by atoms with Crippen molar-refractivity contribution in [3.63, 3.8) is 0 Å². The Hall–Kier alpha value is -4.03. The van der Waals surface area contributed by atoms with Crippen LogP contribution in [-0.2, 0) is 6.54 Å². The van der Waals surface area contributed by atoms with Gasteiger partial charge in [-0.15, -0.1) is 11.3 Å². The maximum absolute atomic E-state index is 13.4. The van der Waals surface area contributed by atoms with Gasteiger partial charge in [-0.3, -0.25) is 14.2 Å². The third-order valence-corrected chi connectivity index (χ3v) is 6.61. The van der Waals surface area contributed by atoms with E-state index >= 15 is 0 Å². The number of hydrogen-bond acceptors (Lipinski definition) is 5. The molecule has 3 aromatic carbocycles. The SMILES string of the molecule is CC(C)Oc1ccc(C(=O)Cn2cnc3scc(-c4ccc(-c5ccccc5)cc4)c3c2=O)cc1. The lowest BCUT2D eigenvalue weighted by Gasteiger charge is -2.10. The molecule has 0 aliphatic carbocycles. The average Bonchev–Trinajstić information content (AvgIpc) is 3.31. The summed E-state index contributed by atoms with van der Waals surface area (Å²) in [5.74, 6) is 0.548. The largest absolute Gasteiger partial charge is 0.491 e. The van der Waals surface area contributed by atoms with E-state index in [0.29, 0.717) is 21.5 Å². The first-order chi connectivity index (χ1) is 17.0. The number of carbonyl (C=O) groups excluding carboxylic acids is 1. The van der Waals surface area contributed by atoms with Gasteiger partial charge in [0.2, 0.25) is 0 Å². The van der Waals surface area contributed by atoms with Crippen molar-refractivity contribution in [1.82, 2.24) is 9.55 Å². The molecule has 35 heavy (non-hydrogen) atoms. The van der Waals surface area contributed by atoms with Gasteiger partial charge in [-0.2, -0.15) is 0 Å². The highest BCUT2D eigenvalue weighted by Gasteiger charge is 2.16. The first-order valence-electron chi connectivity index (χ1n) is 11.4. The minimum absolute atomic E-state index is 0.0577. The Morgan fingerprint density at radius 3 is 2.26 bits per heavy atom. The van der Waals surface area contributed by atoms with E-state index in [1.165, 1.54) is 22.2 Å². The molecule has 2 aromatic heterocycles. The molecule has 5 aromatic rings. The van der Waals surface area contributed by atoms with Crippen molar-refractivity contribution in [1.29, 1.82) is 0 Å². The summed E-state index contributed by atoms with van der Waals surface area (Å²) >= 11 is 1.43. The van der Waals surface area contributed by atoms with Crippen molar-refractivity contribution in [3.05, 3.63) is 106 Å². The summed E-state index contributed by atoms with van der Waals surface area (Å²) in [5, 5.41) is 2.49. The quantitative estimate of drug-likeness (QED) is 0.251. The van der Waals surface area contributed by atoms with Crippen molar-refractivity contribution in [2.75, 3.05) is 0 Å². The molecule has 0 aliphatic rings. The molecule has 0 radical (unpaired) electrons. The van der Waals surface area contributed by atoms with E-state index in [-0.39, 0.29) is 24.0 Å². The van der Waals surface area contributed by atoms with Crippen LogP contribution in [-0.4, -0.2) is 21.4 Å². The molecule has 5 nitrogen and oxygen atoms in total. The molecule has 0 fully saturated rings. The Morgan fingerprint density at radius 1 is 0.914 bits per heavy atom. The van der Waals surface area contributed by atoms with Crippen LogP contribution in [0.4, 0.5) is 0 Å². The highest BCUT2D eigenvalue weighted by molar-refractivity contribution is 7.17. The second kappa shape index (κ2) is 9.68. The molecule has 0 atom stereocenters. The normalized spacial score (nSPS) is 11.2. The third kappa shape index (κ3) is 4.79. The van der Waals surface area contributed by atoms with Crippen LogP contribution in [0.2, 0.25) is 0 Å². The lowest BCUT2D eigenvalue weighted by molar-refractivity contribution is 0.0970. The second-order valence-electron chi connectivity index (χ2n) is 8.56. The molecule has 174 valence electrons. The van der Waals surface area contributed by atoms with Gasteiger partial charge in [0.25, 0.3) is 5.56 Å². The maximum atomic E-state index is 13.4. The lowest BCUT2D eigenvalue weighted by atomic mass is 10.0. The number of aromatic nitrogens is 2. The van der Waals surface area contributed by atoms with E-state index in [9.17, 15) is 9.59 Å². The Bertz CT molecular complexity index is 1530. The number of carbonyl (C=O) groups is 1. The van der Waals surface area contributed by atoms with Gasteiger partial charge in [0.1, 0.15) is 10.6 Å². The topological polar surface area (TPSA) is 61.2 Å². The molecule has 5 rings (SSSR count). The number of thiophene rings is 1. The van der Waals surface area contributed by atoms with Gasteiger partial charge >= 0.3 is 0 Å². The zero-order valence-electron chi connectivity index (χ0n) is 19.5. The minimum Gasteiger partial charge on any atom is -0.491 e. The second-order valence-corrected chi connectivity index (χ2v) is 9.42. The van der Waals surface area contributed by atoms with Gasteiger partial charge in [-0.05, 0) is 54.8 Å². The van der Waals surface area contributed by atoms with Gasteiger partial charge in [-0.1, -0.05) is 54.6 Å². The van der Waals surface area contributed by atoms with E-state index < -0.39 is 0 Å². The van der Waals surface area contributed by atoms with Crippen LogP contribution >= 0.6 is 11.3 Å². The van der Waals surface area contributed by atoms with Gasteiger partial charge in [0.15, 0.2) is 5.78 Å². The summed E-state index contributed by atoms with van der Waals surface area (Å²) in [4.78, 5) is 31.4. The molecular formula is C29H24N2O3S. The van der Waals surface area contributed by atoms with Crippen LogP contribution in [0.3, 0.4) is 0 Å². The monoisotopic (exact) mass is 480 g/mol. The summed E-state index contributed by atoms with van der Waals surface area (Å²) in [5.41, 5.74) is 4.33. The molecule has 0 bridgehead atoms. The Labute approximate surface area is 207 Å². The fraction of sp³-hybridized carbons (Fsp3) is 0.138. The van der Waals surface area contributed by atoms with Gasteiger partial charge in [0, 0.05) is 16.5 Å². The Balaban J connectivity index is 1.42. The molecule has 6 heteroatoms. The minimum atomic E-state index is -0.216. The van der Waals surface area contributed by atoms with Crippen molar-refractivity contribution in [2.24, 2.45) is 0 Å². The van der Waals surface area contributed by atoms with Crippen molar-refractivity contribution in [2.45, 2.75) is 26.5 Å². The fourth-order valence-electron chi connectivity index (χ4n) is 4.00. The van der Waals surface area contributed by atoms with Crippen molar-refractivity contribution in [3.8, 4) is 28.0 Å². The number of ketones is 1. The fourth-order valence-corrected chi connectivity index (χ4v) is 4.91. The van der Waals surface area contributed by atoms with Crippen molar-refractivity contribution >= 4 is 27.3 Å². The standard InChI is InChI=1S/C29H24N2O3S/c1-19(2)34-24-14-12-23(13-15-24)26(32)16-31-18-30-28-27(29(31)33)25(17-35-28)22-10-8-21(9-11-22)20-6-4-3-5-7-20/h3-15,17-19H,16H2,1-2H3. The van der Waals surface area contributed by atoms with E-state index in [0.717, 1.165) is 22.3 Å². The Kier molecular flexibility index (Phi) is 6.29. The van der Waals surface area contributed by atoms with E-state index in [1.807, 2.05) is 49.6 Å². The highest BCUT2D eigenvalue weighted by atomic mass is 32.1. The molecule has 0 amide bonds. The van der Waals surface area contributed by atoms with Gasteiger partial charge in [0.05, 0.1) is 24.4 Å². The predicted molar refractivity (Wildman–Crippen MR) is 141 cm³/mol. The number of fused-ring (bicyclic) bond motifs is 1. The molecular weight excluding hydrogens is 456 g/mol. The summed E-state index contributed by atoms with van der Waals surface area (Å²) in [6.45, 7) is 3.82. The number of nitrogens with zero attached hydrogens (tertiary/aromatic N) is 2. The molecule has 0 N–H and O–H groups in total. The van der Waals surface area contributed by atoms with Gasteiger partial charge in [-0.25, -0.2) is 4.98 Å². The van der Waals surface area contributed by atoms with E-state index in [4.69, 9.17) is 4.74 Å². The molecule has 0 spiro atoms. The zero-order valence-corrected chi connectivity index (χ0v) is 20.3. The summed E-state index contributed by atoms with van der Waals surface area (Å²) in [6, 6.07) is 25.3. The van der Waals surface area contributed by atoms with Crippen LogP contribution < -0.4 is 10.3 Å². The number of benzene rings is 3. The van der Waals surface area contributed by atoms with Crippen LogP contribution in [0.15, 0.2) is 95.4 Å². The Morgan fingerprint density at radius 2 is 1.57 bits per heavy atom. The van der Waals surface area contributed by atoms with E-state index in [1.54, 1.807) is 24.3 Å². The number of rotatable bonds is 7. The van der Waals surface area contributed by atoms with Crippen LogP contribution in [0, 0.1) is 0 Å². The zero-order chi connectivity index (χ0) is 24.4. The van der Waals surface area contributed by atoms with Crippen LogP contribution in [0.5, 0.6) is 5.75 Å². The molecule has 0 saturated heterocycles. The predicted octanol–water partition coefficient (Wildman–Crippen LogP) is 6.46. The maximum Gasteiger partial charge on any atom is 0.263 e. The van der Waals surface area contributed by atoms with Gasteiger partial charge < -0.3 is 4.74 Å². The highest BCUT2D eigenvalue weighted by Crippen LogP contribution is 2.32. The molecule has 0 unspecified atom stereocenters. The number of Topliss-reactive ketones (excluding diaryl/α,β-unsaturated/α-hetero) is 1. The van der Waals surface area contributed by atoms with Crippen LogP contribution in [0.25, 0.3) is 32.5 Å². The summed E-state index contributed by atoms with van der Waals surface area (Å²) in [7, 11) is 0. The van der Waals surface area contributed by atoms with E-state index in [2.05, 4.69) is 29.2 Å². The third-order valence-electron chi connectivity index (χ3n) is 5.73. The lowest BCUT2D eigenvalue weighted by Crippen LogP contribution is -2.24. The molecule has 0 saturated carbocycles. The number of hydrogen-bond donors (Lipinski definition) is 0. The average molecular weight is 481 g/mol. The molecule has 2 heterocycles. The smallest absolute Gasteiger partial charge is 0.263 e. The first-order valence-corrected chi connectivity index (χ1v) is 12.3. The molecule has 0 aliphatic heterocycles. The van der Waals surface area contributed by atoms with Crippen LogP contribution in [0.1, 0.15) is 24.2 Å². The summed E-state index contributed by atoms with van der Waals surface area (Å²) in [6.07, 6.45) is 1.51. The number of ether oxygens (including phenoxy) is 1.